The summed E-state index contributed by atoms with van der Waals surface area (Å²) in [6.07, 6.45) is 4.95. The third-order valence-electron chi connectivity index (χ3n) is 4.15. The lowest BCUT2D eigenvalue weighted by atomic mass is 10.2. The minimum absolute atomic E-state index is 0.329. The molecule has 118 valence electrons. The fraction of sp³-hybridized carbons (Fsp3) is 0.647. The van der Waals surface area contributed by atoms with Gasteiger partial charge >= 0.3 is 0 Å². The van der Waals surface area contributed by atoms with E-state index in [9.17, 15) is 5.11 Å². The molecule has 21 heavy (non-hydrogen) atoms. The van der Waals surface area contributed by atoms with Gasteiger partial charge in [0.15, 0.2) is 0 Å². The monoisotopic (exact) mass is 292 g/mol. The summed E-state index contributed by atoms with van der Waals surface area (Å²) in [6, 6.07) is 10.4. The lowest BCUT2D eigenvalue weighted by Crippen LogP contribution is -2.38. The molecule has 1 aliphatic rings. The Kier molecular flexibility index (Phi) is 7.00. The number of rotatable bonds is 9. The maximum atomic E-state index is 9.89. The predicted octanol–water partition coefficient (Wildman–Crippen LogP) is 1.89. The van der Waals surface area contributed by atoms with Crippen LogP contribution in [0.25, 0.3) is 0 Å². The second-order valence-electron chi connectivity index (χ2n) is 5.90. The van der Waals surface area contributed by atoms with E-state index in [-0.39, 0.29) is 0 Å². The van der Waals surface area contributed by atoms with Crippen LogP contribution in [0.5, 0.6) is 5.75 Å². The second-order valence-corrected chi connectivity index (χ2v) is 5.90. The van der Waals surface area contributed by atoms with Gasteiger partial charge in [0.2, 0.25) is 0 Å². The van der Waals surface area contributed by atoms with Gasteiger partial charge in [-0.15, -0.1) is 0 Å². The first-order chi connectivity index (χ1) is 10.3. The highest BCUT2D eigenvalue weighted by Gasteiger charge is 2.18. The molecule has 1 aromatic rings. The van der Waals surface area contributed by atoms with Gasteiger partial charge in [-0.25, -0.2) is 0 Å². The average molecular weight is 292 g/mol. The first-order valence-electron chi connectivity index (χ1n) is 8.02. The summed E-state index contributed by atoms with van der Waals surface area (Å²) in [6.45, 7) is 2.85. The highest BCUT2D eigenvalue weighted by molar-refractivity contribution is 5.20. The van der Waals surface area contributed by atoms with Crippen LogP contribution in [0.4, 0.5) is 0 Å². The summed E-state index contributed by atoms with van der Waals surface area (Å²) in [5, 5.41) is 13.2. The van der Waals surface area contributed by atoms with Crippen molar-refractivity contribution < 1.29 is 9.84 Å². The van der Waals surface area contributed by atoms with E-state index in [1.807, 2.05) is 30.3 Å². The number of benzene rings is 1. The molecule has 0 saturated heterocycles. The predicted molar refractivity (Wildman–Crippen MR) is 85.7 cm³/mol. The number of hydrogen-bond donors (Lipinski definition) is 2. The van der Waals surface area contributed by atoms with Crippen LogP contribution in [0.2, 0.25) is 0 Å². The molecule has 4 heteroatoms. The van der Waals surface area contributed by atoms with E-state index in [1.165, 1.54) is 25.7 Å². The third-order valence-corrected chi connectivity index (χ3v) is 4.15. The molecule has 1 saturated carbocycles. The number of aliphatic hydroxyl groups is 1. The van der Waals surface area contributed by atoms with Crippen molar-refractivity contribution in [2.45, 2.75) is 37.8 Å². The van der Waals surface area contributed by atoms with Crippen LogP contribution < -0.4 is 10.1 Å². The van der Waals surface area contributed by atoms with Crippen LogP contribution in [-0.2, 0) is 0 Å². The molecule has 4 nitrogen and oxygen atoms in total. The topological polar surface area (TPSA) is 44.7 Å². The Morgan fingerprint density at radius 1 is 1.29 bits per heavy atom. The Labute approximate surface area is 128 Å². The van der Waals surface area contributed by atoms with Crippen molar-refractivity contribution in [1.29, 1.82) is 0 Å². The Morgan fingerprint density at radius 2 is 2.00 bits per heavy atom. The smallest absolute Gasteiger partial charge is 0.119 e. The van der Waals surface area contributed by atoms with E-state index in [1.54, 1.807) is 0 Å². The summed E-state index contributed by atoms with van der Waals surface area (Å²) in [4.78, 5) is 2.44. The van der Waals surface area contributed by atoms with Gasteiger partial charge < -0.3 is 20.1 Å². The highest BCUT2D eigenvalue weighted by atomic mass is 16.5. The molecule has 1 aromatic carbocycles. The van der Waals surface area contributed by atoms with Gasteiger partial charge in [-0.05, 0) is 32.0 Å². The van der Waals surface area contributed by atoms with Crippen molar-refractivity contribution in [1.82, 2.24) is 10.2 Å². The van der Waals surface area contributed by atoms with Gasteiger partial charge in [0.25, 0.3) is 0 Å². The van der Waals surface area contributed by atoms with E-state index in [4.69, 9.17) is 4.74 Å². The fourth-order valence-corrected chi connectivity index (χ4v) is 2.82. The third kappa shape index (κ3) is 6.04. The molecule has 1 atom stereocenters. The number of nitrogens with one attached hydrogen (secondary N) is 1. The van der Waals surface area contributed by atoms with E-state index in [0.717, 1.165) is 24.9 Å². The lowest BCUT2D eigenvalue weighted by Gasteiger charge is -2.24. The van der Waals surface area contributed by atoms with Crippen molar-refractivity contribution in [3.63, 3.8) is 0 Å². The van der Waals surface area contributed by atoms with Crippen molar-refractivity contribution in [2.75, 3.05) is 33.3 Å². The number of hydrogen-bond acceptors (Lipinski definition) is 4. The van der Waals surface area contributed by atoms with Gasteiger partial charge in [-0.2, -0.15) is 0 Å². The Hall–Kier alpha value is -1.10. The lowest BCUT2D eigenvalue weighted by molar-refractivity contribution is 0.105. The standard InChI is InChI=1S/C17H28N2O2/c1-19(15-7-5-6-8-15)12-11-18-13-16(20)14-21-17-9-3-2-4-10-17/h2-4,9-10,15-16,18,20H,5-8,11-14H2,1H3. The molecular weight excluding hydrogens is 264 g/mol. The van der Waals surface area contributed by atoms with E-state index >= 15 is 0 Å². The average Bonchev–Trinajstić information content (AvgIpc) is 3.05. The van der Waals surface area contributed by atoms with E-state index < -0.39 is 6.10 Å². The molecule has 0 aromatic heterocycles. The maximum Gasteiger partial charge on any atom is 0.119 e. The van der Waals surface area contributed by atoms with E-state index in [0.29, 0.717) is 13.2 Å². The van der Waals surface area contributed by atoms with Gasteiger partial charge in [-0.1, -0.05) is 31.0 Å². The molecule has 0 heterocycles. The van der Waals surface area contributed by atoms with Gasteiger partial charge in [0, 0.05) is 25.7 Å². The molecule has 1 unspecified atom stereocenters. The minimum atomic E-state index is -0.470. The molecule has 2 N–H and O–H groups in total. The second kappa shape index (κ2) is 9.03. The van der Waals surface area contributed by atoms with E-state index in [2.05, 4.69) is 17.3 Å². The van der Waals surface area contributed by atoms with Gasteiger partial charge in [0.1, 0.15) is 18.5 Å². The molecule has 0 aliphatic heterocycles. The molecule has 0 amide bonds. The molecule has 1 fully saturated rings. The summed E-state index contributed by atoms with van der Waals surface area (Å²) < 4.78 is 5.53. The van der Waals surface area contributed by atoms with Gasteiger partial charge in [0.05, 0.1) is 0 Å². The normalized spacial score (nSPS) is 17.3. The number of aliphatic hydroxyl groups excluding tert-OH is 1. The quantitative estimate of drug-likeness (QED) is 0.682. The Morgan fingerprint density at radius 3 is 2.71 bits per heavy atom. The molecule has 0 radical (unpaired) electrons. The number of ether oxygens (including phenoxy) is 1. The summed E-state index contributed by atoms with van der Waals surface area (Å²) in [5.74, 6) is 0.803. The Bertz CT molecular complexity index is 380. The van der Waals surface area contributed by atoms with Crippen molar-refractivity contribution in [2.24, 2.45) is 0 Å². The summed E-state index contributed by atoms with van der Waals surface area (Å²) in [7, 11) is 2.20. The Balaban J connectivity index is 1.51. The molecule has 2 rings (SSSR count). The van der Waals surface area contributed by atoms with Crippen LogP contribution in [0, 0.1) is 0 Å². The van der Waals surface area contributed by atoms with Crippen LogP contribution >= 0.6 is 0 Å². The molecule has 1 aliphatic carbocycles. The number of para-hydroxylation sites is 1. The fourth-order valence-electron chi connectivity index (χ4n) is 2.82. The first kappa shape index (κ1) is 16.3. The largest absolute Gasteiger partial charge is 0.491 e. The zero-order valence-corrected chi connectivity index (χ0v) is 13.0. The number of nitrogens with zero attached hydrogens (tertiary/aromatic N) is 1. The zero-order chi connectivity index (χ0) is 14.9. The van der Waals surface area contributed by atoms with Crippen molar-refractivity contribution >= 4 is 0 Å². The van der Waals surface area contributed by atoms with Crippen molar-refractivity contribution in [3.8, 4) is 5.75 Å². The van der Waals surface area contributed by atoms with Crippen molar-refractivity contribution in [3.05, 3.63) is 30.3 Å². The SMILES string of the molecule is CN(CCNCC(O)COc1ccccc1)C1CCCC1. The van der Waals surface area contributed by atoms with Crippen LogP contribution in [-0.4, -0.2) is 55.4 Å². The molecule has 0 bridgehead atoms. The summed E-state index contributed by atoms with van der Waals surface area (Å²) >= 11 is 0. The maximum absolute atomic E-state index is 9.89. The van der Waals surface area contributed by atoms with Crippen LogP contribution in [0.3, 0.4) is 0 Å². The summed E-state index contributed by atoms with van der Waals surface area (Å²) in [5.41, 5.74) is 0. The first-order valence-corrected chi connectivity index (χ1v) is 8.02. The molecule has 0 spiro atoms. The zero-order valence-electron chi connectivity index (χ0n) is 13.0. The molecular formula is C17H28N2O2. The minimum Gasteiger partial charge on any atom is -0.491 e. The van der Waals surface area contributed by atoms with Crippen LogP contribution in [0.15, 0.2) is 30.3 Å². The van der Waals surface area contributed by atoms with Gasteiger partial charge in [-0.3, -0.25) is 0 Å². The highest BCUT2D eigenvalue weighted by Crippen LogP contribution is 2.21. The van der Waals surface area contributed by atoms with Crippen LogP contribution in [0.1, 0.15) is 25.7 Å². The number of likely N-dealkylation sites (N-methyl/N-ethyl adjacent to an activating group) is 1.